The van der Waals surface area contributed by atoms with Crippen LogP contribution in [0.15, 0.2) is 9.59 Å². The van der Waals surface area contributed by atoms with E-state index in [1.54, 1.807) is 6.92 Å². The van der Waals surface area contributed by atoms with E-state index in [9.17, 15) is 24.2 Å². The summed E-state index contributed by atoms with van der Waals surface area (Å²) in [6.07, 6.45) is -1.36. The van der Waals surface area contributed by atoms with Crippen molar-refractivity contribution >= 4 is 22.3 Å². The number of nitrogens with zero attached hydrogens (tertiary/aromatic N) is 2. The summed E-state index contributed by atoms with van der Waals surface area (Å²) in [4.78, 5) is 28.5. The number of fused-ring (bicyclic) bond motifs is 1. The molecule has 1 aliphatic carbocycles. The summed E-state index contributed by atoms with van der Waals surface area (Å²) >= 11 is 0. The maximum absolute atomic E-state index is 15.3. The third kappa shape index (κ3) is 3.09. The number of alkyl halides is 1. The topological polar surface area (TPSA) is 125 Å². The van der Waals surface area contributed by atoms with E-state index in [0.717, 1.165) is 12.8 Å². The summed E-state index contributed by atoms with van der Waals surface area (Å²) in [5.74, 6) is -1.80. The van der Waals surface area contributed by atoms with Gasteiger partial charge in [0.2, 0.25) is 0 Å². The minimum absolute atomic E-state index is 0.00694. The van der Waals surface area contributed by atoms with Gasteiger partial charge in [0, 0.05) is 30.6 Å². The number of nitrogens with one attached hydrogen (secondary N) is 1. The van der Waals surface area contributed by atoms with Crippen LogP contribution in [0.1, 0.15) is 38.3 Å². The Labute approximate surface area is 170 Å². The first-order chi connectivity index (χ1) is 13.9. The Morgan fingerprint density at radius 2 is 1.90 bits per heavy atom. The summed E-state index contributed by atoms with van der Waals surface area (Å²) in [6, 6.07) is -0.106. The lowest BCUT2D eigenvalue weighted by Crippen LogP contribution is -2.45. The minimum Gasteiger partial charge on any atom is -0.396 e. The Balaban J connectivity index is 1.90. The van der Waals surface area contributed by atoms with Crippen LogP contribution in [-0.4, -0.2) is 50.7 Å². The van der Waals surface area contributed by atoms with Gasteiger partial charge in [-0.25, -0.2) is 13.6 Å². The number of nitrogens with two attached hydrogens (primary N) is 1. The summed E-state index contributed by atoms with van der Waals surface area (Å²) < 4.78 is 31.5. The van der Waals surface area contributed by atoms with Gasteiger partial charge in [-0.2, -0.15) is 0 Å². The molecule has 0 amide bonds. The van der Waals surface area contributed by atoms with E-state index < -0.39 is 46.5 Å². The number of anilines is 2. The molecule has 1 aromatic carbocycles. The summed E-state index contributed by atoms with van der Waals surface area (Å²) in [5.41, 5.74) is 3.27. The van der Waals surface area contributed by atoms with E-state index in [1.807, 2.05) is 0 Å². The number of hydrogen-bond acceptors (Lipinski definition) is 6. The number of halogens is 2. The maximum Gasteiger partial charge on any atom is 0.329 e. The average Bonchev–Trinajstić information content (AvgIpc) is 3.40. The molecule has 0 spiro atoms. The number of rotatable bonds is 4. The Morgan fingerprint density at radius 3 is 2.47 bits per heavy atom. The molecular formula is C20H26F2N4O4. The van der Waals surface area contributed by atoms with E-state index in [0.29, 0.717) is 5.56 Å². The zero-order valence-corrected chi connectivity index (χ0v) is 17.1. The van der Waals surface area contributed by atoms with Crippen molar-refractivity contribution < 1.29 is 19.0 Å². The molecule has 1 aromatic heterocycles. The van der Waals surface area contributed by atoms with Crippen LogP contribution in [0.25, 0.3) is 10.9 Å². The number of aryl methyl sites for hydroxylation is 1. The first-order valence-electron chi connectivity index (χ1n) is 9.99. The quantitative estimate of drug-likeness (QED) is 0.542. The van der Waals surface area contributed by atoms with Crippen molar-refractivity contribution in [2.75, 3.05) is 23.7 Å². The van der Waals surface area contributed by atoms with Crippen molar-refractivity contribution in [2.45, 2.75) is 57.5 Å². The number of aliphatic hydroxyl groups excluding tert-OH is 1. The fourth-order valence-corrected chi connectivity index (χ4v) is 4.53. The molecule has 3 atom stereocenters. The highest BCUT2D eigenvalue weighted by Crippen LogP contribution is 2.42. The minimum atomic E-state index is -1.53. The molecule has 1 saturated carbocycles. The second-order valence-electron chi connectivity index (χ2n) is 8.97. The number of aliphatic hydroxyl groups is 2. The highest BCUT2D eigenvalue weighted by Gasteiger charge is 2.44. The molecule has 164 valence electrons. The second-order valence-corrected chi connectivity index (χ2v) is 8.97. The second kappa shape index (κ2) is 6.78. The van der Waals surface area contributed by atoms with Crippen LogP contribution in [0.3, 0.4) is 0 Å². The lowest BCUT2D eigenvalue weighted by molar-refractivity contribution is -0.0831. The largest absolute Gasteiger partial charge is 0.396 e. The predicted octanol–water partition coefficient (Wildman–Crippen LogP) is 0.961. The van der Waals surface area contributed by atoms with Crippen molar-refractivity contribution in [3.05, 3.63) is 32.2 Å². The van der Waals surface area contributed by atoms with Gasteiger partial charge in [0.15, 0.2) is 5.82 Å². The van der Waals surface area contributed by atoms with Gasteiger partial charge in [-0.1, -0.05) is 0 Å². The van der Waals surface area contributed by atoms with Gasteiger partial charge in [-0.15, -0.1) is 0 Å². The number of hydrogen-bond donors (Lipinski definition) is 4. The molecule has 2 fully saturated rings. The average molecular weight is 424 g/mol. The van der Waals surface area contributed by atoms with Gasteiger partial charge in [-0.05, 0) is 33.6 Å². The SMILES string of the molecule is Cc1c(N2CC(F)C(C(O)C(C)(C)O)C2)c(F)c(N)c2c(=O)[nH]c(=O)n(C3CC3)c12. The highest BCUT2D eigenvalue weighted by molar-refractivity contribution is 5.97. The Bertz CT molecular complexity index is 1130. The Hall–Kier alpha value is -2.46. The van der Waals surface area contributed by atoms with E-state index in [-0.39, 0.29) is 35.7 Å². The van der Waals surface area contributed by atoms with Crippen molar-refractivity contribution in [3.8, 4) is 0 Å². The van der Waals surface area contributed by atoms with E-state index in [2.05, 4.69) is 4.98 Å². The fraction of sp³-hybridized carbons (Fsp3) is 0.600. The monoisotopic (exact) mass is 424 g/mol. The number of benzene rings is 1. The number of nitrogen functional groups attached to an aromatic ring is 1. The lowest BCUT2D eigenvalue weighted by atomic mass is 9.88. The van der Waals surface area contributed by atoms with Gasteiger partial charge < -0.3 is 20.8 Å². The van der Waals surface area contributed by atoms with Gasteiger partial charge in [0.25, 0.3) is 5.56 Å². The molecule has 30 heavy (non-hydrogen) atoms. The highest BCUT2D eigenvalue weighted by atomic mass is 19.1. The zero-order chi connectivity index (χ0) is 22.1. The standard InChI is InChI=1S/C20H26F2N4O4/c1-8-15-12(18(28)24-19(29)26(15)9-4-5-9)14(23)13(22)16(8)25-6-10(11(21)7-25)17(27)20(2,3)30/h9-11,17,27,30H,4-7,23H2,1-3H3,(H,24,28,29). The van der Waals surface area contributed by atoms with E-state index in [4.69, 9.17) is 5.73 Å². The molecule has 0 radical (unpaired) electrons. The van der Waals surface area contributed by atoms with Crippen molar-refractivity contribution in [1.82, 2.24) is 9.55 Å². The summed E-state index contributed by atoms with van der Waals surface area (Å²) in [6.45, 7) is 4.08. The summed E-state index contributed by atoms with van der Waals surface area (Å²) in [7, 11) is 0. The third-order valence-corrected chi connectivity index (χ3v) is 6.22. The number of H-pyrrole nitrogens is 1. The van der Waals surface area contributed by atoms with Crippen LogP contribution in [0.2, 0.25) is 0 Å². The van der Waals surface area contributed by atoms with Gasteiger partial charge in [0.1, 0.15) is 6.17 Å². The molecule has 8 nitrogen and oxygen atoms in total. The lowest BCUT2D eigenvalue weighted by Gasteiger charge is -2.30. The number of aromatic amines is 1. The molecule has 10 heteroatoms. The molecule has 1 aliphatic heterocycles. The first-order valence-corrected chi connectivity index (χ1v) is 9.99. The predicted molar refractivity (Wildman–Crippen MR) is 109 cm³/mol. The molecule has 0 bridgehead atoms. The van der Waals surface area contributed by atoms with E-state index in [1.165, 1.54) is 23.3 Å². The van der Waals surface area contributed by atoms with Crippen molar-refractivity contribution in [1.29, 1.82) is 0 Å². The van der Waals surface area contributed by atoms with Crippen LogP contribution in [0.4, 0.5) is 20.2 Å². The molecule has 2 heterocycles. The van der Waals surface area contributed by atoms with Gasteiger partial charge in [0.05, 0.1) is 34.0 Å². The van der Waals surface area contributed by atoms with Crippen LogP contribution in [0, 0.1) is 18.7 Å². The smallest absolute Gasteiger partial charge is 0.329 e. The molecule has 2 aliphatic rings. The van der Waals surface area contributed by atoms with Crippen molar-refractivity contribution in [2.24, 2.45) is 5.92 Å². The van der Waals surface area contributed by atoms with Crippen LogP contribution in [-0.2, 0) is 0 Å². The maximum atomic E-state index is 15.3. The molecule has 5 N–H and O–H groups in total. The molecular weight excluding hydrogens is 398 g/mol. The van der Waals surface area contributed by atoms with Crippen LogP contribution in [0.5, 0.6) is 0 Å². The molecule has 2 aromatic rings. The fourth-order valence-electron chi connectivity index (χ4n) is 4.53. The molecule has 1 saturated heterocycles. The normalized spacial score (nSPS) is 23.4. The van der Waals surface area contributed by atoms with Gasteiger partial charge >= 0.3 is 5.69 Å². The van der Waals surface area contributed by atoms with Gasteiger partial charge in [-0.3, -0.25) is 14.3 Å². The van der Waals surface area contributed by atoms with E-state index >= 15 is 4.39 Å². The van der Waals surface area contributed by atoms with Crippen molar-refractivity contribution in [3.63, 3.8) is 0 Å². The summed E-state index contributed by atoms with van der Waals surface area (Å²) in [5, 5.41) is 20.3. The zero-order valence-electron chi connectivity index (χ0n) is 17.1. The van der Waals surface area contributed by atoms with Crippen LogP contribution < -0.4 is 21.9 Å². The Morgan fingerprint density at radius 1 is 1.27 bits per heavy atom. The third-order valence-electron chi connectivity index (χ3n) is 6.22. The van der Waals surface area contributed by atoms with Crippen LogP contribution >= 0.6 is 0 Å². The molecule has 4 rings (SSSR count). The molecule has 3 unspecified atom stereocenters. The first kappa shape index (κ1) is 20.8. The number of aromatic nitrogens is 2. The Kier molecular flexibility index (Phi) is 4.70.